The monoisotopic (exact) mass is 170 g/mol. The average molecular weight is 170 g/mol. The number of hydrogen-bond donors (Lipinski definition) is 2. The molecule has 1 aliphatic carbocycles. The molecule has 72 valence electrons. The van der Waals surface area contributed by atoms with Crippen LogP contribution in [0.5, 0.6) is 0 Å². The van der Waals surface area contributed by atoms with E-state index >= 15 is 0 Å². The van der Waals surface area contributed by atoms with Gasteiger partial charge in [0.05, 0.1) is 0 Å². The van der Waals surface area contributed by atoms with Gasteiger partial charge in [0, 0.05) is 18.1 Å². The van der Waals surface area contributed by atoms with E-state index in [1.807, 2.05) is 0 Å². The van der Waals surface area contributed by atoms with Gasteiger partial charge < -0.3 is 11.1 Å². The van der Waals surface area contributed by atoms with Crippen molar-refractivity contribution in [2.45, 2.75) is 57.5 Å². The molecule has 0 radical (unpaired) electrons. The van der Waals surface area contributed by atoms with Crippen molar-refractivity contribution in [3.63, 3.8) is 0 Å². The third-order valence-corrected chi connectivity index (χ3v) is 2.72. The van der Waals surface area contributed by atoms with Gasteiger partial charge in [-0.1, -0.05) is 19.8 Å². The van der Waals surface area contributed by atoms with Crippen LogP contribution in [0.3, 0.4) is 0 Å². The SMILES string of the molecule is CCCCC(N)CNC1(C)CC1. The number of unbranched alkanes of at least 4 members (excludes halogenated alkanes) is 1. The Hall–Kier alpha value is -0.0800. The van der Waals surface area contributed by atoms with Gasteiger partial charge in [-0.15, -0.1) is 0 Å². The third kappa shape index (κ3) is 3.55. The lowest BCUT2D eigenvalue weighted by molar-refractivity contribution is 0.467. The summed E-state index contributed by atoms with van der Waals surface area (Å²) in [6, 6.07) is 0.363. The van der Waals surface area contributed by atoms with E-state index in [0.29, 0.717) is 11.6 Å². The molecular formula is C10H22N2. The molecule has 12 heavy (non-hydrogen) atoms. The molecule has 0 spiro atoms. The van der Waals surface area contributed by atoms with Crippen LogP contribution in [0.2, 0.25) is 0 Å². The van der Waals surface area contributed by atoms with Gasteiger partial charge in [-0.05, 0) is 26.2 Å². The molecule has 0 aromatic heterocycles. The molecule has 0 heterocycles. The van der Waals surface area contributed by atoms with Crippen LogP contribution < -0.4 is 11.1 Å². The normalized spacial score (nSPS) is 22.2. The molecular weight excluding hydrogens is 148 g/mol. The number of nitrogens with two attached hydrogens (primary N) is 1. The van der Waals surface area contributed by atoms with Crippen molar-refractivity contribution in [3.8, 4) is 0 Å². The molecule has 2 heteroatoms. The predicted molar refractivity (Wildman–Crippen MR) is 53.1 cm³/mol. The highest BCUT2D eigenvalue weighted by Crippen LogP contribution is 2.33. The summed E-state index contributed by atoms with van der Waals surface area (Å²) in [4.78, 5) is 0. The molecule has 0 aromatic carbocycles. The van der Waals surface area contributed by atoms with Gasteiger partial charge in [-0.2, -0.15) is 0 Å². The zero-order valence-electron chi connectivity index (χ0n) is 8.40. The Labute approximate surface area is 75.9 Å². The van der Waals surface area contributed by atoms with E-state index in [9.17, 15) is 0 Å². The maximum absolute atomic E-state index is 5.93. The number of hydrogen-bond acceptors (Lipinski definition) is 2. The van der Waals surface area contributed by atoms with Gasteiger partial charge >= 0.3 is 0 Å². The lowest BCUT2D eigenvalue weighted by Gasteiger charge is -2.16. The highest BCUT2D eigenvalue weighted by molar-refractivity contribution is 4.97. The first-order valence-corrected chi connectivity index (χ1v) is 5.17. The molecule has 2 nitrogen and oxygen atoms in total. The Morgan fingerprint density at radius 2 is 2.17 bits per heavy atom. The maximum atomic E-state index is 5.93. The first kappa shape index (κ1) is 10.0. The summed E-state index contributed by atoms with van der Waals surface area (Å²) in [7, 11) is 0. The lowest BCUT2D eigenvalue weighted by atomic mass is 10.1. The van der Waals surface area contributed by atoms with Crippen LogP contribution in [0.15, 0.2) is 0 Å². The van der Waals surface area contributed by atoms with E-state index in [0.717, 1.165) is 6.54 Å². The summed E-state index contributed by atoms with van der Waals surface area (Å²) < 4.78 is 0. The van der Waals surface area contributed by atoms with Gasteiger partial charge in [0.2, 0.25) is 0 Å². The third-order valence-electron chi connectivity index (χ3n) is 2.72. The molecule has 1 fully saturated rings. The summed E-state index contributed by atoms with van der Waals surface area (Å²) in [6.07, 6.45) is 6.34. The van der Waals surface area contributed by atoms with Gasteiger partial charge in [-0.25, -0.2) is 0 Å². The molecule has 0 bridgehead atoms. The molecule has 3 N–H and O–H groups in total. The topological polar surface area (TPSA) is 38.0 Å². The number of nitrogens with one attached hydrogen (secondary N) is 1. The lowest BCUT2D eigenvalue weighted by Crippen LogP contribution is -2.39. The summed E-state index contributed by atoms with van der Waals surface area (Å²) in [6.45, 7) is 5.48. The van der Waals surface area contributed by atoms with Crippen LogP contribution in [-0.4, -0.2) is 18.1 Å². The van der Waals surface area contributed by atoms with Crippen LogP contribution in [0.1, 0.15) is 46.0 Å². The fourth-order valence-electron chi connectivity index (χ4n) is 1.31. The Morgan fingerprint density at radius 1 is 1.50 bits per heavy atom. The first-order chi connectivity index (χ1) is 5.66. The van der Waals surface area contributed by atoms with Gasteiger partial charge in [0.15, 0.2) is 0 Å². The van der Waals surface area contributed by atoms with Crippen molar-refractivity contribution in [2.75, 3.05) is 6.54 Å². The highest BCUT2D eigenvalue weighted by atomic mass is 15.0. The molecule has 0 saturated heterocycles. The minimum absolute atomic E-state index is 0.363. The molecule has 0 amide bonds. The predicted octanol–water partition coefficient (Wildman–Crippen LogP) is 1.65. The maximum Gasteiger partial charge on any atom is 0.0165 e. The molecule has 1 atom stereocenters. The molecule has 1 rings (SSSR count). The van der Waals surface area contributed by atoms with Crippen molar-refractivity contribution in [1.29, 1.82) is 0 Å². The highest BCUT2D eigenvalue weighted by Gasteiger charge is 2.36. The number of rotatable bonds is 6. The van der Waals surface area contributed by atoms with E-state index in [1.165, 1.54) is 32.1 Å². The van der Waals surface area contributed by atoms with E-state index in [4.69, 9.17) is 5.73 Å². The zero-order chi connectivity index (χ0) is 9.03. The minimum atomic E-state index is 0.363. The second-order valence-electron chi connectivity index (χ2n) is 4.34. The molecule has 0 aromatic rings. The van der Waals surface area contributed by atoms with Gasteiger partial charge in [-0.3, -0.25) is 0 Å². The fourth-order valence-corrected chi connectivity index (χ4v) is 1.31. The second kappa shape index (κ2) is 4.24. The van der Waals surface area contributed by atoms with Crippen molar-refractivity contribution < 1.29 is 0 Å². The molecule has 1 unspecified atom stereocenters. The minimum Gasteiger partial charge on any atom is -0.327 e. The van der Waals surface area contributed by atoms with Crippen LogP contribution >= 0.6 is 0 Å². The van der Waals surface area contributed by atoms with Crippen molar-refractivity contribution in [2.24, 2.45) is 5.73 Å². The molecule has 1 saturated carbocycles. The van der Waals surface area contributed by atoms with Gasteiger partial charge in [0.1, 0.15) is 0 Å². The molecule has 0 aliphatic heterocycles. The van der Waals surface area contributed by atoms with E-state index in [2.05, 4.69) is 19.2 Å². The average Bonchev–Trinajstić information content (AvgIpc) is 2.77. The van der Waals surface area contributed by atoms with Crippen LogP contribution in [-0.2, 0) is 0 Å². The Kier molecular flexibility index (Phi) is 3.53. The Bertz CT molecular complexity index is 130. The second-order valence-corrected chi connectivity index (χ2v) is 4.34. The van der Waals surface area contributed by atoms with Crippen molar-refractivity contribution in [3.05, 3.63) is 0 Å². The summed E-state index contributed by atoms with van der Waals surface area (Å²) in [5.74, 6) is 0. The van der Waals surface area contributed by atoms with E-state index < -0.39 is 0 Å². The van der Waals surface area contributed by atoms with E-state index in [1.54, 1.807) is 0 Å². The zero-order valence-corrected chi connectivity index (χ0v) is 8.40. The first-order valence-electron chi connectivity index (χ1n) is 5.17. The Balaban J connectivity index is 1.98. The Morgan fingerprint density at radius 3 is 2.67 bits per heavy atom. The quantitative estimate of drug-likeness (QED) is 0.636. The van der Waals surface area contributed by atoms with Crippen LogP contribution in [0.25, 0.3) is 0 Å². The fraction of sp³-hybridized carbons (Fsp3) is 1.00. The van der Waals surface area contributed by atoms with Crippen LogP contribution in [0.4, 0.5) is 0 Å². The molecule has 1 aliphatic rings. The van der Waals surface area contributed by atoms with Crippen molar-refractivity contribution in [1.82, 2.24) is 5.32 Å². The standard InChI is InChI=1S/C10H22N2/c1-3-4-5-9(11)8-12-10(2)6-7-10/h9,12H,3-8,11H2,1-2H3. The van der Waals surface area contributed by atoms with E-state index in [-0.39, 0.29) is 0 Å². The van der Waals surface area contributed by atoms with Crippen molar-refractivity contribution >= 4 is 0 Å². The summed E-state index contributed by atoms with van der Waals surface area (Å²) in [5.41, 5.74) is 6.38. The summed E-state index contributed by atoms with van der Waals surface area (Å²) in [5, 5.41) is 3.52. The summed E-state index contributed by atoms with van der Waals surface area (Å²) >= 11 is 0. The smallest absolute Gasteiger partial charge is 0.0165 e. The van der Waals surface area contributed by atoms with Crippen LogP contribution in [0, 0.1) is 0 Å². The van der Waals surface area contributed by atoms with Gasteiger partial charge in [0.25, 0.3) is 0 Å². The largest absolute Gasteiger partial charge is 0.327 e.